The molecular formula is C37H37NO2Si. The number of Topliss-reactive ketones (excluding diaryl/α,β-unsaturated/α-hetero) is 1. The molecule has 1 saturated carbocycles. The maximum absolute atomic E-state index is 14.0. The summed E-state index contributed by atoms with van der Waals surface area (Å²) in [5.41, 5.74) is 4.28. The van der Waals surface area contributed by atoms with Crippen molar-refractivity contribution in [2.75, 3.05) is 0 Å². The van der Waals surface area contributed by atoms with E-state index >= 15 is 0 Å². The molecule has 2 aliphatic rings. The Morgan fingerprint density at radius 1 is 0.805 bits per heavy atom. The van der Waals surface area contributed by atoms with Gasteiger partial charge in [-0.15, -0.1) is 0 Å². The molecule has 6 rings (SSSR count). The van der Waals surface area contributed by atoms with Crippen LogP contribution < -0.4 is 10.4 Å². The fourth-order valence-corrected chi connectivity index (χ4v) is 12.0. The van der Waals surface area contributed by atoms with Crippen LogP contribution in [0.1, 0.15) is 67.9 Å². The third kappa shape index (κ3) is 4.78. The number of carbonyl (C=O) groups is 1. The zero-order chi connectivity index (χ0) is 28.7. The van der Waals surface area contributed by atoms with E-state index < -0.39 is 8.32 Å². The highest BCUT2D eigenvalue weighted by Crippen LogP contribution is 2.49. The van der Waals surface area contributed by atoms with Crippen LogP contribution in [0.4, 0.5) is 0 Å². The Morgan fingerprint density at radius 3 is 2.00 bits per heavy atom. The Balaban J connectivity index is 1.26. The molecule has 1 spiro atoms. The van der Waals surface area contributed by atoms with E-state index in [4.69, 9.17) is 4.43 Å². The van der Waals surface area contributed by atoms with E-state index in [0.717, 1.165) is 54.4 Å². The van der Waals surface area contributed by atoms with Gasteiger partial charge >= 0.3 is 0 Å². The van der Waals surface area contributed by atoms with Gasteiger partial charge in [0, 0.05) is 17.1 Å². The van der Waals surface area contributed by atoms with Gasteiger partial charge in [0.2, 0.25) is 0 Å². The molecule has 4 heteroatoms. The fraction of sp³-hybridized carbons (Fsp3) is 0.297. The van der Waals surface area contributed by atoms with E-state index in [1.165, 1.54) is 10.4 Å². The largest absolute Gasteiger partial charge is 0.404 e. The standard InChI is InChI=1S/C37H37NO2Si/c1-36(2,3)41(32-13-6-4-7-14-32,33-15-8-5-9-16-33)40-31-19-21-37(22-20-31)25-30-18-17-29(24-34(30)35(37)39)28-12-10-11-27(23-28)26-38/h4-18,23-24,31H,19-22,25H2,1-3H3. The molecule has 2 aliphatic carbocycles. The first-order valence-electron chi connectivity index (χ1n) is 14.7. The summed E-state index contributed by atoms with van der Waals surface area (Å²) < 4.78 is 7.43. The van der Waals surface area contributed by atoms with Gasteiger partial charge in [0.15, 0.2) is 5.78 Å². The number of nitriles is 1. The van der Waals surface area contributed by atoms with Crippen molar-refractivity contribution in [3.8, 4) is 17.2 Å². The van der Waals surface area contributed by atoms with Crippen molar-refractivity contribution in [1.82, 2.24) is 0 Å². The monoisotopic (exact) mass is 555 g/mol. The average Bonchev–Trinajstić information content (AvgIpc) is 3.27. The number of benzene rings is 4. The molecule has 0 radical (unpaired) electrons. The highest BCUT2D eigenvalue weighted by Gasteiger charge is 2.53. The minimum absolute atomic E-state index is 0.0660. The van der Waals surface area contributed by atoms with Gasteiger partial charge in [0.05, 0.1) is 11.6 Å². The summed E-state index contributed by atoms with van der Waals surface area (Å²) in [7, 11) is -2.63. The second-order valence-corrected chi connectivity index (χ2v) is 17.1. The predicted octanol–water partition coefficient (Wildman–Crippen LogP) is 7.47. The average molecular weight is 556 g/mol. The number of carbonyl (C=O) groups excluding carboxylic acids is 1. The first kappa shape index (κ1) is 27.4. The van der Waals surface area contributed by atoms with Crippen LogP contribution in [0.15, 0.2) is 103 Å². The Morgan fingerprint density at radius 2 is 1.41 bits per heavy atom. The van der Waals surface area contributed by atoms with Gasteiger partial charge in [-0.3, -0.25) is 4.79 Å². The quantitative estimate of drug-likeness (QED) is 0.240. The van der Waals surface area contributed by atoms with E-state index in [-0.39, 0.29) is 22.3 Å². The van der Waals surface area contributed by atoms with Crippen molar-refractivity contribution in [3.05, 3.63) is 120 Å². The number of nitrogens with zero attached hydrogens (tertiary/aromatic N) is 1. The van der Waals surface area contributed by atoms with Crippen molar-refractivity contribution in [3.63, 3.8) is 0 Å². The van der Waals surface area contributed by atoms with Crippen LogP contribution in [-0.2, 0) is 10.8 Å². The molecular weight excluding hydrogens is 518 g/mol. The summed E-state index contributed by atoms with van der Waals surface area (Å²) in [6.07, 6.45) is 4.41. The van der Waals surface area contributed by atoms with Crippen molar-refractivity contribution >= 4 is 24.5 Å². The normalized spacial score (nSPS) is 20.5. The molecule has 0 bridgehead atoms. The van der Waals surface area contributed by atoms with Gasteiger partial charge in [-0.05, 0) is 82.4 Å². The van der Waals surface area contributed by atoms with Crippen LogP contribution in [0.5, 0.6) is 0 Å². The Bertz CT molecular complexity index is 1570. The topological polar surface area (TPSA) is 50.1 Å². The van der Waals surface area contributed by atoms with Gasteiger partial charge in [0.1, 0.15) is 0 Å². The molecule has 0 aromatic heterocycles. The number of fused-ring (bicyclic) bond motifs is 1. The second-order valence-electron chi connectivity index (χ2n) is 12.8. The van der Waals surface area contributed by atoms with Crippen molar-refractivity contribution < 1.29 is 9.22 Å². The van der Waals surface area contributed by atoms with Gasteiger partial charge in [-0.1, -0.05) is 106 Å². The zero-order valence-electron chi connectivity index (χ0n) is 24.2. The summed E-state index contributed by atoms with van der Waals surface area (Å²) in [4.78, 5) is 14.0. The van der Waals surface area contributed by atoms with Gasteiger partial charge in [-0.2, -0.15) is 5.26 Å². The molecule has 0 heterocycles. The Labute approximate surface area is 245 Å². The van der Waals surface area contributed by atoms with Crippen LogP contribution in [-0.4, -0.2) is 20.2 Å². The van der Waals surface area contributed by atoms with Gasteiger partial charge < -0.3 is 4.43 Å². The van der Waals surface area contributed by atoms with Gasteiger partial charge in [0.25, 0.3) is 8.32 Å². The highest BCUT2D eigenvalue weighted by atomic mass is 28.4. The molecule has 206 valence electrons. The van der Waals surface area contributed by atoms with E-state index in [0.29, 0.717) is 5.56 Å². The van der Waals surface area contributed by atoms with Crippen LogP contribution in [0.3, 0.4) is 0 Å². The third-order valence-electron chi connectivity index (χ3n) is 9.34. The molecule has 0 amide bonds. The third-order valence-corrected chi connectivity index (χ3v) is 14.4. The lowest BCUT2D eigenvalue weighted by Gasteiger charge is -2.47. The molecule has 41 heavy (non-hydrogen) atoms. The number of ketones is 1. The second kappa shape index (κ2) is 10.6. The molecule has 3 nitrogen and oxygen atoms in total. The van der Waals surface area contributed by atoms with E-state index in [1.807, 2.05) is 30.3 Å². The molecule has 1 fully saturated rings. The van der Waals surface area contributed by atoms with Gasteiger partial charge in [-0.25, -0.2) is 0 Å². The lowest BCUT2D eigenvalue weighted by Crippen LogP contribution is -2.68. The fourth-order valence-electron chi connectivity index (χ4n) is 7.23. The molecule has 4 aromatic carbocycles. The lowest BCUT2D eigenvalue weighted by atomic mass is 9.70. The van der Waals surface area contributed by atoms with Crippen molar-refractivity contribution in [2.45, 2.75) is 64.0 Å². The minimum Gasteiger partial charge on any atom is -0.404 e. The maximum Gasteiger partial charge on any atom is 0.261 e. The van der Waals surface area contributed by atoms with Crippen molar-refractivity contribution in [1.29, 1.82) is 5.26 Å². The molecule has 0 saturated heterocycles. The zero-order valence-corrected chi connectivity index (χ0v) is 25.2. The summed E-state index contributed by atoms with van der Waals surface area (Å²) in [6, 6.07) is 37.8. The van der Waals surface area contributed by atoms with E-state index in [9.17, 15) is 10.1 Å². The molecule has 0 N–H and O–H groups in total. The number of hydrogen-bond acceptors (Lipinski definition) is 3. The first-order valence-corrected chi connectivity index (χ1v) is 16.6. The smallest absolute Gasteiger partial charge is 0.261 e. The summed E-state index contributed by atoms with van der Waals surface area (Å²) >= 11 is 0. The highest BCUT2D eigenvalue weighted by molar-refractivity contribution is 6.99. The van der Waals surface area contributed by atoms with Crippen molar-refractivity contribution in [2.24, 2.45) is 5.41 Å². The van der Waals surface area contributed by atoms with Crippen LogP contribution >= 0.6 is 0 Å². The summed E-state index contributed by atoms with van der Waals surface area (Å²) in [6.45, 7) is 6.97. The maximum atomic E-state index is 14.0. The Hall–Kier alpha value is -3.78. The SMILES string of the molecule is CC(C)(C)[Si](OC1CCC2(CC1)Cc1ccc(-c3cccc(C#N)c3)cc1C2=O)(c1ccccc1)c1ccccc1. The lowest BCUT2D eigenvalue weighted by molar-refractivity contribution is 0.0555. The molecule has 0 atom stereocenters. The summed E-state index contributed by atoms with van der Waals surface area (Å²) in [5, 5.41) is 11.9. The van der Waals surface area contributed by atoms with E-state index in [1.54, 1.807) is 0 Å². The van der Waals surface area contributed by atoms with Crippen LogP contribution in [0.2, 0.25) is 5.04 Å². The van der Waals surface area contributed by atoms with Crippen LogP contribution in [0, 0.1) is 16.7 Å². The number of rotatable bonds is 5. The molecule has 0 unspecified atom stereocenters. The Kier molecular flexibility index (Phi) is 7.06. The van der Waals surface area contributed by atoms with Crippen LogP contribution in [0.25, 0.3) is 11.1 Å². The molecule has 4 aromatic rings. The first-order chi connectivity index (χ1) is 19.8. The molecule has 0 aliphatic heterocycles. The summed E-state index contributed by atoms with van der Waals surface area (Å²) in [5.74, 6) is 0.287. The predicted molar refractivity (Wildman–Crippen MR) is 168 cm³/mol. The minimum atomic E-state index is -2.63. The number of hydrogen-bond donors (Lipinski definition) is 0. The van der Waals surface area contributed by atoms with E-state index in [2.05, 4.69) is 99.6 Å².